The predicted octanol–water partition coefficient (Wildman–Crippen LogP) is 1.92. The molecule has 4 nitrogen and oxygen atoms in total. The van der Waals surface area contributed by atoms with Crippen molar-refractivity contribution < 1.29 is 18.6 Å². The standard InChI is InChI=1S/C7H10O4P/c1-4-6(3)11-7(8)12(9)10-5-2/h1,6H,5H2,2-3H3/q+1. The summed E-state index contributed by atoms with van der Waals surface area (Å²) in [6, 6.07) is 0. The first-order chi connectivity index (χ1) is 5.61. The van der Waals surface area contributed by atoms with Crippen molar-refractivity contribution in [1.29, 1.82) is 0 Å². The molecule has 5 heteroatoms. The minimum Gasteiger partial charge on any atom is -0.409 e. The van der Waals surface area contributed by atoms with Crippen molar-refractivity contribution in [2.24, 2.45) is 0 Å². The van der Waals surface area contributed by atoms with E-state index in [0.717, 1.165) is 0 Å². The van der Waals surface area contributed by atoms with Crippen LogP contribution < -0.4 is 0 Å². The molecule has 0 fully saturated rings. The first kappa shape index (κ1) is 11.1. The second kappa shape index (κ2) is 5.70. The molecule has 0 amide bonds. The number of rotatable bonds is 4. The molecule has 2 unspecified atom stereocenters. The molecule has 0 aromatic heterocycles. The zero-order valence-electron chi connectivity index (χ0n) is 6.94. The molecule has 0 bridgehead atoms. The Kier molecular flexibility index (Phi) is 5.27. The quantitative estimate of drug-likeness (QED) is 0.500. The largest absolute Gasteiger partial charge is 0.636 e. The van der Waals surface area contributed by atoms with E-state index in [2.05, 4.69) is 15.2 Å². The molecule has 0 rings (SSSR count). The maximum atomic E-state index is 10.8. The van der Waals surface area contributed by atoms with Crippen molar-refractivity contribution in [1.82, 2.24) is 0 Å². The van der Waals surface area contributed by atoms with Crippen molar-refractivity contribution in [2.45, 2.75) is 20.0 Å². The third kappa shape index (κ3) is 4.07. The van der Waals surface area contributed by atoms with Crippen LogP contribution in [0.2, 0.25) is 0 Å². The lowest BCUT2D eigenvalue weighted by atomic mass is 10.4. The zero-order chi connectivity index (χ0) is 9.56. The number of hydrogen-bond donors (Lipinski definition) is 0. The van der Waals surface area contributed by atoms with E-state index in [9.17, 15) is 9.36 Å². The lowest BCUT2D eigenvalue weighted by Gasteiger charge is -1.97. The summed E-state index contributed by atoms with van der Waals surface area (Å²) in [6.45, 7) is 3.34. The van der Waals surface area contributed by atoms with E-state index in [1.807, 2.05) is 0 Å². The Morgan fingerprint density at radius 1 is 1.75 bits per heavy atom. The Hall–Kier alpha value is -0.910. The molecule has 12 heavy (non-hydrogen) atoms. The fourth-order valence-electron chi connectivity index (χ4n) is 0.398. The van der Waals surface area contributed by atoms with Gasteiger partial charge in [-0.2, -0.15) is 4.79 Å². The van der Waals surface area contributed by atoms with E-state index in [0.29, 0.717) is 0 Å². The molecule has 0 aliphatic heterocycles. The van der Waals surface area contributed by atoms with Gasteiger partial charge < -0.3 is 4.74 Å². The van der Waals surface area contributed by atoms with Gasteiger partial charge in [0.15, 0.2) is 6.10 Å². The summed E-state index contributed by atoms with van der Waals surface area (Å²) in [5.74, 6) is 2.17. The third-order valence-electron chi connectivity index (χ3n) is 0.908. The van der Waals surface area contributed by atoms with E-state index < -0.39 is 19.8 Å². The van der Waals surface area contributed by atoms with E-state index in [4.69, 9.17) is 6.42 Å². The number of carbonyl (C=O) groups is 1. The van der Waals surface area contributed by atoms with Gasteiger partial charge in [0, 0.05) is 0 Å². The maximum Gasteiger partial charge on any atom is 0.636 e. The van der Waals surface area contributed by atoms with E-state index in [1.54, 1.807) is 6.92 Å². The van der Waals surface area contributed by atoms with Crippen LogP contribution in [0.4, 0.5) is 4.79 Å². The predicted molar refractivity (Wildman–Crippen MR) is 44.0 cm³/mol. The van der Waals surface area contributed by atoms with E-state index >= 15 is 0 Å². The molecule has 0 spiro atoms. The molecule has 0 aromatic carbocycles. The van der Waals surface area contributed by atoms with Crippen LogP contribution in [0.5, 0.6) is 0 Å². The van der Waals surface area contributed by atoms with Crippen molar-refractivity contribution in [2.75, 3.05) is 6.61 Å². The Balaban J connectivity index is 3.89. The lowest BCUT2D eigenvalue weighted by Crippen LogP contribution is -2.08. The Bertz CT molecular complexity index is 218. The topological polar surface area (TPSA) is 52.6 Å². The average molecular weight is 189 g/mol. The molecule has 0 aliphatic rings. The van der Waals surface area contributed by atoms with Crippen LogP contribution in [0.15, 0.2) is 0 Å². The van der Waals surface area contributed by atoms with Gasteiger partial charge in [-0.1, -0.05) is 5.92 Å². The number of hydrogen-bond acceptors (Lipinski definition) is 4. The highest BCUT2D eigenvalue weighted by molar-refractivity contribution is 7.58. The molecular formula is C7H10O4P+. The van der Waals surface area contributed by atoms with Crippen LogP contribution in [-0.4, -0.2) is 18.4 Å². The highest BCUT2D eigenvalue weighted by Crippen LogP contribution is 2.25. The van der Waals surface area contributed by atoms with Crippen molar-refractivity contribution in [3.63, 3.8) is 0 Å². The molecule has 0 heterocycles. The fourth-order valence-corrected chi connectivity index (χ4v) is 0.982. The third-order valence-corrected chi connectivity index (χ3v) is 1.80. The highest BCUT2D eigenvalue weighted by Gasteiger charge is 2.34. The summed E-state index contributed by atoms with van der Waals surface area (Å²) in [4.78, 5) is 10.8. The minimum absolute atomic E-state index is 0.203. The van der Waals surface area contributed by atoms with Gasteiger partial charge >= 0.3 is 13.7 Å². The fraction of sp³-hybridized carbons (Fsp3) is 0.571. The zero-order valence-corrected chi connectivity index (χ0v) is 7.84. The molecule has 0 saturated heterocycles. The second-order valence-corrected chi connectivity index (χ2v) is 3.01. The first-order valence-electron chi connectivity index (χ1n) is 3.38. The summed E-state index contributed by atoms with van der Waals surface area (Å²) < 4.78 is 19.8. The summed E-state index contributed by atoms with van der Waals surface area (Å²) in [6.07, 6.45) is 4.26. The van der Waals surface area contributed by atoms with Gasteiger partial charge in [0.2, 0.25) is 0 Å². The van der Waals surface area contributed by atoms with Gasteiger partial charge in [-0.05, 0) is 18.4 Å². The Morgan fingerprint density at radius 3 is 2.75 bits per heavy atom. The molecule has 0 aromatic rings. The molecule has 0 N–H and O–H groups in total. The number of carbonyl (C=O) groups excluding carboxylic acids is 1. The van der Waals surface area contributed by atoms with Crippen LogP contribution in [0, 0.1) is 12.3 Å². The molecule has 0 aliphatic carbocycles. The summed E-state index contributed by atoms with van der Waals surface area (Å²) >= 11 is 0. The smallest absolute Gasteiger partial charge is 0.409 e. The normalized spacial score (nSPS) is 12.9. The second-order valence-electron chi connectivity index (χ2n) is 1.87. The molecule has 0 radical (unpaired) electrons. The first-order valence-corrected chi connectivity index (χ1v) is 4.56. The average Bonchev–Trinajstić information content (AvgIpc) is 2.04. The van der Waals surface area contributed by atoms with Crippen LogP contribution in [0.25, 0.3) is 0 Å². The van der Waals surface area contributed by atoms with Gasteiger partial charge in [-0.25, -0.2) is 0 Å². The van der Waals surface area contributed by atoms with Crippen LogP contribution in [0.1, 0.15) is 13.8 Å². The van der Waals surface area contributed by atoms with Gasteiger partial charge in [-0.15, -0.1) is 10.9 Å². The van der Waals surface area contributed by atoms with E-state index in [-0.39, 0.29) is 6.61 Å². The summed E-state index contributed by atoms with van der Waals surface area (Å²) in [5.41, 5.74) is -0.905. The minimum atomic E-state index is -2.39. The van der Waals surface area contributed by atoms with Gasteiger partial charge in [0.1, 0.15) is 6.61 Å². The van der Waals surface area contributed by atoms with Gasteiger partial charge in [0.25, 0.3) is 0 Å². The Morgan fingerprint density at radius 2 is 2.33 bits per heavy atom. The van der Waals surface area contributed by atoms with Crippen LogP contribution >= 0.6 is 8.03 Å². The monoisotopic (exact) mass is 189 g/mol. The van der Waals surface area contributed by atoms with Gasteiger partial charge in [0.05, 0.1) is 0 Å². The molecular weight excluding hydrogens is 179 g/mol. The van der Waals surface area contributed by atoms with Crippen LogP contribution in [-0.2, 0) is 13.8 Å². The Labute approximate surface area is 72.1 Å². The lowest BCUT2D eigenvalue weighted by molar-refractivity contribution is 0.152. The molecule has 2 atom stereocenters. The van der Waals surface area contributed by atoms with Crippen LogP contribution in [0.3, 0.4) is 0 Å². The van der Waals surface area contributed by atoms with Crippen molar-refractivity contribution in [3.8, 4) is 12.3 Å². The van der Waals surface area contributed by atoms with Gasteiger partial charge in [-0.3, -0.25) is 0 Å². The highest BCUT2D eigenvalue weighted by atomic mass is 31.1. The maximum absolute atomic E-state index is 10.8. The SMILES string of the molecule is C#CC(C)OC(=O)[P+](=O)OCC. The summed E-state index contributed by atoms with van der Waals surface area (Å²) in [7, 11) is -2.39. The van der Waals surface area contributed by atoms with Crippen molar-refractivity contribution >= 4 is 13.7 Å². The number of terminal acetylenes is 1. The molecule has 0 saturated carbocycles. The molecule has 66 valence electrons. The number of ether oxygens (including phenoxy) is 1. The van der Waals surface area contributed by atoms with E-state index in [1.165, 1.54) is 6.92 Å². The summed E-state index contributed by atoms with van der Waals surface area (Å²) in [5, 5.41) is 0. The van der Waals surface area contributed by atoms with Crippen molar-refractivity contribution in [3.05, 3.63) is 0 Å².